The van der Waals surface area contributed by atoms with E-state index in [1.165, 1.54) is 27.3 Å². The minimum Gasteiger partial charge on any atom is -0.465 e. The first-order chi connectivity index (χ1) is 9.27. The van der Waals surface area contributed by atoms with Crippen molar-refractivity contribution in [2.45, 2.75) is 0 Å². The van der Waals surface area contributed by atoms with E-state index in [0.29, 0.717) is 11.4 Å². The van der Waals surface area contributed by atoms with Gasteiger partial charge in [0.1, 0.15) is 0 Å². The van der Waals surface area contributed by atoms with Gasteiger partial charge in [-0.25, -0.2) is 17.5 Å². The number of nitrogens with zero attached hydrogens (tertiary/aromatic N) is 1. The first kappa shape index (κ1) is 16.3. The molecule has 0 fully saturated rings. The lowest BCUT2D eigenvalue weighted by molar-refractivity contribution is 0.0602. The van der Waals surface area contributed by atoms with Gasteiger partial charge in [0, 0.05) is 32.0 Å². The van der Waals surface area contributed by atoms with E-state index in [4.69, 9.17) is 5.73 Å². The fourth-order valence-electron chi connectivity index (χ4n) is 1.49. The Kier molecular flexibility index (Phi) is 5.34. The summed E-state index contributed by atoms with van der Waals surface area (Å²) < 4.78 is 29.1. The standard InChI is InChI=1S/C12H19N3O4S/c1-15(2)20(17,18)7-6-14-11-5-4-9(13)8-10(11)12(16)19-3/h4-5,8,14H,6-7,13H2,1-3H3. The molecule has 0 saturated carbocycles. The summed E-state index contributed by atoms with van der Waals surface area (Å²) in [6.45, 7) is 0.175. The van der Waals surface area contributed by atoms with Gasteiger partial charge in [-0.05, 0) is 18.2 Å². The van der Waals surface area contributed by atoms with Gasteiger partial charge in [0.15, 0.2) is 0 Å². The van der Waals surface area contributed by atoms with Crippen LogP contribution in [-0.2, 0) is 14.8 Å². The molecule has 0 spiro atoms. The lowest BCUT2D eigenvalue weighted by Gasteiger charge is -2.14. The fraction of sp³-hybridized carbons (Fsp3) is 0.417. The summed E-state index contributed by atoms with van der Waals surface area (Å²) in [5, 5.41) is 2.90. The molecule has 0 aliphatic rings. The molecular weight excluding hydrogens is 282 g/mol. The van der Waals surface area contributed by atoms with E-state index in [0.717, 1.165) is 4.31 Å². The molecule has 0 aliphatic carbocycles. The number of nitrogens with one attached hydrogen (secondary N) is 1. The molecule has 1 aromatic carbocycles. The average Bonchev–Trinajstić information content (AvgIpc) is 2.39. The normalized spacial score (nSPS) is 11.4. The Morgan fingerprint density at radius 1 is 1.40 bits per heavy atom. The Hall–Kier alpha value is -1.80. The van der Waals surface area contributed by atoms with E-state index in [-0.39, 0.29) is 17.9 Å². The van der Waals surface area contributed by atoms with Crippen LogP contribution in [0.5, 0.6) is 0 Å². The SMILES string of the molecule is COC(=O)c1cc(N)ccc1NCCS(=O)(=O)N(C)C. The summed E-state index contributed by atoms with van der Waals surface area (Å²) in [6.07, 6.45) is 0. The summed E-state index contributed by atoms with van der Waals surface area (Å²) in [5.74, 6) is -0.611. The molecule has 3 N–H and O–H groups in total. The molecule has 0 saturated heterocycles. The highest BCUT2D eigenvalue weighted by Crippen LogP contribution is 2.19. The highest BCUT2D eigenvalue weighted by Gasteiger charge is 2.15. The number of nitrogen functional groups attached to an aromatic ring is 1. The van der Waals surface area contributed by atoms with E-state index in [1.54, 1.807) is 12.1 Å². The van der Waals surface area contributed by atoms with Crippen LogP contribution in [0.2, 0.25) is 0 Å². The molecule has 0 amide bonds. The van der Waals surface area contributed by atoms with Gasteiger partial charge in [0.2, 0.25) is 10.0 Å². The molecule has 0 aromatic heterocycles. The van der Waals surface area contributed by atoms with Crippen LogP contribution in [0.25, 0.3) is 0 Å². The summed E-state index contributed by atoms with van der Waals surface area (Å²) in [7, 11) is 0.926. The second-order valence-electron chi connectivity index (χ2n) is 4.32. The second kappa shape index (κ2) is 6.58. The Labute approximate surface area is 118 Å². The number of rotatable bonds is 6. The van der Waals surface area contributed by atoms with Crippen LogP contribution in [0.3, 0.4) is 0 Å². The van der Waals surface area contributed by atoms with Crippen molar-refractivity contribution in [2.75, 3.05) is 44.6 Å². The maximum Gasteiger partial charge on any atom is 0.340 e. The van der Waals surface area contributed by atoms with Gasteiger partial charge in [-0.3, -0.25) is 0 Å². The number of esters is 1. The zero-order valence-corrected chi connectivity index (χ0v) is 12.5. The molecular formula is C12H19N3O4S. The largest absolute Gasteiger partial charge is 0.465 e. The number of anilines is 2. The van der Waals surface area contributed by atoms with Gasteiger partial charge in [-0.2, -0.15) is 0 Å². The van der Waals surface area contributed by atoms with Crippen LogP contribution in [-0.4, -0.2) is 52.2 Å². The number of benzene rings is 1. The number of ether oxygens (including phenoxy) is 1. The topological polar surface area (TPSA) is 102 Å². The molecule has 0 bridgehead atoms. The number of methoxy groups -OCH3 is 1. The summed E-state index contributed by atoms with van der Waals surface area (Å²) in [4.78, 5) is 11.6. The third kappa shape index (κ3) is 4.10. The van der Waals surface area contributed by atoms with Gasteiger partial charge in [-0.1, -0.05) is 0 Å². The predicted octanol–water partition coefficient (Wildman–Crippen LogP) is 0.359. The number of carbonyl (C=O) groups is 1. The monoisotopic (exact) mass is 301 g/mol. The van der Waals surface area contributed by atoms with E-state index < -0.39 is 16.0 Å². The molecule has 0 heterocycles. The highest BCUT2D eigenvalue weighted by molar-refractivity contribution is 7.89. The van der Waals surface area contributed by atoms with Gasteiger partial charge < -0.3 is 15.8 Å². The number of carbonyl (C=O) groups excluding carboxylic acids is 1. The van der Waals surface area contributed by atoms with Crippen molar-refractivity contribution < 1.29 is 17.9 Å². The molecule has 20 heavy (non-hydrogen) atoms. The third-order valence-corrected chi connectivity index (χ3v) is 4.51. The van der Waals surface area contributed by atoms with Crippen LogP contribution in [0.15, 0.2) is 18.2 Å². The molecule has 0 atom stereocenters. The Morgan fingerprint density at radius 3 is 2.60 bits per heavy atom. The van der Waals surface area contributed by atoms with Crippen molar-refractivity contribution in [2.24, 2.45) is 0 Å². The van der Waals surface area contributed by atoms with Crippen LogP contribution >= 0.6 is 0 Å². The van der Waals surface area contributed by atoms with E-state index in [9.17, 15) is 13.2 Å². The predicted molar refractivity (Wildman–Crippen MR) is 78.2 cm³/mol. The Balaban J connectivity index is 2.81. The smallest absolute Gasteiger partial charge is 0.340 e. The molecule has 1 aromatic rings. The zero-order chi connectivity index (χ0) is 15.3. The molecule has 0 radical (unpaired) electrons. The van der Waals surface area contributed by atoms with Crippen molar-refractivity contribution in [1.82, 2.24) is 4.31 Å². The van der Waals surface area contributed by atoms with Crippen LogP contribution < -0.4 is 11.1 Å². The molecule has 0 aliphatic heterocycles. The van der Waals surface area contributed by atoms with E-state index in [2.05, 4.69) is 10.1 Å². The maximum atomic E-state index is 11.6. The van der Waals surface area contributed by atoms with Crippen molar-refractivity contribution in [3.8, 4) is 0 Å². The van der Waals surface area contributed by atoms with E-state index in [1.807, 2.05) is 0 Å². The highest BCUT2D eigenvalue weighted by atomic mass is 32.2. The van der Waals surface area contributed by atoms with Gasteiger partial charge in [0.25, 0.3) is 0 Å². The fourth-order valence-corrected chi connectivity index (χ4v) is 2.22. The van der Waals surface area contributed by atoms with Crippen molar-refractivity contribution in [3.05, 3.63) is 23.8 Å². The molecule has 7 nitrogen and oxygen atoms in total. The average molecular weight is 301 g/mol. The summed E-state index contributed by atoms with van der Waals surface area (Å²) in [6, 6.07) is 4.72. The number of sulfonamides is 1. The lowest BCUT2D eigenvalue weighted by atomic mass is 10.1. The minimum atomic E-state index is -3.29. The van der Waals surface area contributed by atoms with Crippen molar-refractivity contribution >= 4 is 27.4 Å². The maximum absolute atomic E-state index is 11.6. The van der Waals surface area contributed by atoms with Gasteiger partial charge >= 0.3 is 5.97 Å². The first-order valence-electron chi connectivity index (χ1n) is 5.90. The van der Waals surface area contributed by atoms with Gasteiger partial charge in [0.05, 0.1) is 18.4 Å². The zero-order valence-electron chi connectivity index (χ0n) is 11.7. The number of hydrogen-bond donors (Lipinski definition) is 2. The Morgan fingerprint density at radius 2 is 2.05 bits per heavy atom. The summed E-state index contributed by atoms with van der Waals surface area (Å²) >= 11 is 0. The number of nitrogens with two attached hydrogens (primary N) is 1. The quantitative estimate of drug-likeness (QED) is 0.581. The molecule has 8 heteroatoms. The molecule has 112 valence electrons. The van der Waals surface area contributed by atoms with Crippen LogP contribution in [0.1, 0.15) is 10.4 Å². The molecule has 0 unspecified atom stereocenters. The lowest BCUT2D eigenvalue weighted by Crippen LogP contribution is -2.28. The second-order valence-corrected chi connectivity index (χ2v) is 6.62. The van der Waals surface area contributed by atoms with E-state index >= 15 is 0 Å². The first-order valence-corrected chi connectivity index (χ1v) is 7.50. The third-order valence-electron chi connectivity index (χ3n) is 2.68. The summed E-state index contributed by atoms with van der Waals surface area (Å²) in [5.41, 5.74) is 6.81. The number of hydrogen-bond acceptors (Lipinski definition) is 6. The van der Waals surface area contributed by atoms with Crippen LogP contribution in [0, 0.1) is 0 Å². The van der Waals surface area contributed by atoms with Gasteiger partial charge in [-0.15, -0.1) is 0 Å². The minimum absolute atomic E-state index is 0.0784. The van der Waals surface area contributed by atoms with Crippen molar-refractivity contribution in [1.29, 1.82) is 0 Å². The van der Waals surface area contributed by atoms with Crippen molar-refractivity contribution in [3.63, 3.8) is 0 Å². The molecule has 1 rings (SSSR count). The Bertz CT molecular complexity index is 584. The van der Waals surface area contributed by atoms with Crippen LogP contribution in [0.4, 0.5) is 11.4 Å².